The highest BCUT2D eigenvalue weighted by atomic mass is 16.4. The molecule has 0 aliphatic carbocycles. The van der Waals surface area contributed by atoms with Gasteiger partial charge in [-0.3, -0.25) is 4.79 Å². The lowest BCUT2D eigenvalue weighted by atomic mass is 10.3. The second-order valence-corrected chi connectivity index (χ2v) is 3.53. The highest BCUT2D eigenvalue weighted by molar-refractivity contribution is 6.42. The number of hydrogen-bond acceptors (Lipinski definition) is 6. The Morgan fingerprint density at radius 2 is 2.22 bits per heavy atom. The molecule has 0 fully saturated rings. The van der Waals surface area contributed by atoms with Gasteiger partial charge in [-0.1, -0.05) is 0 Å². The molecular weight excluding hydrogens is 240 g/mol. The van der Waals surface area contributed by atoms with Crippen molar-refractivity contribution in [1.82, 2.24) is 19.9 Å². The highest BCUT2D eigenvalue weighted by Gasteiger charge is 2.31. The number of imidazole rings is 1. The third kappa shape index (κ3) is 1.41. The van der Waals surface area contributed by atoms with Gasteiger partial charge in [-0.05, 0) is 0 Å². The summed E-state index contributed by atoms with van der Waals surface area (Å²) < 4.78 is 0. The first-order valence-corrected chi connectivity index (χ1v) is 4.94. The van der Waals surface area contributed by atoms with Crippen LogP contribution in [0.4, 0.5) is 5.82 Å². The van der Waals surface area contributed by atoms with E-state index in [-0.39, 0.29) is 18.0 Å². The summed E-state index contributed by atoms with van der Waals surface area (Å²) in [7, 11) is 0. The summed E-state index contributed by atoms with van der Waals surface area (Å²) in [5.74, 6) is -1.48. The molecule has 3 rings (SSSR count). The number of rotatable bonds is 2. The Balaban J connectivity index is 2.12. The summed E-state index contributed by atoms with van der Waals surface area (Å²) in [5.41, 5.74) is 0.597. The Morgan fingerprint density at radius 1 is 1.39 bits per heavy atom. The van der Waals surface area contributed by atoms with Crippen LogP contribution in [0.15, 0.2) is 17.8 Å². The number of H-pyrrole nitrogens is 1. The van der Waals surface area contributed by atoms with Crippen LogP contribution in [-0.4, -0.2) is 42.6 Å². The number of carboxylic acids is 1. The molecule has 2 aromatic rings. The van der Waals surface area contributed by atoms with Gasteiger partial charge in [-0.2, -0.15) is 10.1 Å². The van der Waals surface area contributed by atoms with Gasteiger partial charge in [-0.15, -0.1) is 0 Å². The molecule has 0 saturated carbocycles. The molecule has 0 bridgehead atoms. The Kier molecular flexibility index (Phi) is 2.06. The van der Waals surface area contributed by atoms with Gasteiger partial charge >= 0.3 is 5.97 Å². The van der Waals surface area contributed by atoms with Gasteiger partial charge in [0.25, 0.3) is 5.91 Å². The van der Waals surface area contributed by atoms with E-state index in [9.17, 15) is 9.59 Å². The Morgan fingerprint density at radius 3 is 2.94 bits per heavy atom. The molecule has 9 heteroatoms. The lowest BCUT2D eigenvalue weighted by Gasteiger charge is -2.09. The van der Waals surface area contributed by atoms with Crippen molar-refractivity contribution in [2.75, 3.05) is 5.01 Å². The van der Waals surface area contributed by atoms with Crippen LogP contribution in [0.25, 0.3) is 11.2 Å². The van der Waals surface area contributed by atoms with Crippen LogP contribution in [-0.2, 0) is 9.59 Å². The molecule has 1 amide bonds. The zero-order valence-corrected chi connectivity index (χ0v) is 8.86. The van der Waals surface area contributed by atoms with E-state index in [0.717, 1.165) is 5.01 Å². The Labute approximate surface area is 99.2 Å². The van der Waals surface area contributed by atoms with Crippen molar-refractivity contribution in [2.45, 2.75) is 6.42 Å². The summed E-state index contributed by atoms with van der Waals surface area (Å²) in [6, 6.07) is 0. The van der Waals surface area contributed by atoms with E-state index < -0.39 is 11.9 Å². The summed E-state index contributed by atoms with van der Waals surface area (Å²) in [4.78, 5) is 37.0. The highest BCUT2D eigenvalue weighted by Crippen LogP contribution is 2.23. The standard InChI is InChI=1S/C9H6N6O3/c16-5-1-4(9(17)18)14-15(5)8-6-7(11-2-10-6)12-3-13-8/h2-3H,1H2,(H,17,18)(H,10,11,12,13). The maximum Gasteiger partial charge on any atom is 0.352 e. The number of amides is 1. The van der Waals surface area contributed by atoms with Crippen LogP contribution in [0.2, 0.25) is 0 Å². The lowest BCUT2D eigenvalue weighted by Crippen LogP contribution is -2.21. The zero-order chi connectivity index (χ0) is 12.7. The van der Waals surface area contributed by atoms with Gasteiger partial charge in [0.05, 0.1) is 12.7 Å². The maximum atomic E-state index is 11.7. The number of carboxylic acid groups (broad SMARTS) is 1. The molecule has 0 spiro atoms. The third-order valence-electron chi connectivity index (χ3n) is 2.43. The van der Waals surface area contributed by atoms with E-state index >= 15 is 0 Å². The number of carbonyl (C=O) groups is 2. The second-order valence-electron chi connectivity index (χ2n) is 3.53. The molecule has 9 nitrogen and oxygen atoms in total. The Hall–Kier alpha value is -2.84. The molecule has 0 unspecified atom stereocenters. The number of aliphatic carboxylic acids is 1. The van der Waals surface area contributed by atoms with Gasteiger partial charge in [0.2, 0.25) is 0 Å². The minimum atomic E-state index is -1.22. The van der Waals surface area contributed by atoms with E-state index in [0.29, 0.717) is 11.2 Å². The average molecular weight is 246 g/mol. The van der Waals surface area contributed by atoms with E-state index in [1.54, 1.807) is 0 Å². The molecule has 2 aromatic heterocycles. The first-order valence-electron chi connectivity index (χ1n) is 4.94. The van der Waals surface area contributed by atoms with Gasteiger partial charge < -0.3 is 10.1 Å². The molecule has 1 aliphatic heterocycles. The number of aromatic nitrogens is 4. The Bertz CT molecular complexity index is 690. The zero-order valence-electron chi connectivity index (χ0n) is 8.86. The van der Waals surface area contributed by atoms with Crippen LogP contribution in [0.3, 0.4) is 0 Å². The number of fused-ring (bicyclic) bond motifs is 1. The van der Waals surface area contributed by atoms with Gasteiger partial charge in [-0.25, -0.2) is 19.7 Å². The van der Waals surface area contributed by atoms with Crippen molar-refractivity contribution in [2.24, 2.45) is 5.10 Å². The quantitative estimate of drug-likeness (QED) is 0.738. The minimum Gasteiger partial charge on any atom is -0.477 e. The maximum absolute atomic E-state index is 11.7. The summed E-state index contributed by atoms with van der Waals surface area (Å²) in [6.07, 6.45) is 2.39. The molecule has 2 N–H and O–H groups in total. The number of hydrazone groups is 1. The average Bonchev–Trinajstić information content (AvgIpc) is 2.94. The van der Waals surface area contributed by atoms with Crippen molar-refractivity contribution in [3.63, 3.8) is 0 Å². The predicted octanol–water partition coefficient (Wildman–Crippen LogP) is -0.470. The first-order chi connectivity index (χ1) is 8.66. The molecule has 0 aromatic carbocycles. The number of nitrogens with one attached hydrogen (secondary N) is 1. The molecular formula is C9H6N6O3. The first kappa shape index (κ1) is 10.3. The fraction of sp³-hybridized carbons (Fsp3) is 0.111. The molecule has 0 radical (unpaired) electrons. The van der Waals surface area contributed by atoms with Crippen molar-refractivity contribution < 1.29 is 14.7 Å². The number of hydrogen-bond donors (Lipinski definition) is 2. The summed E-state index contributed by atoms with van der Waals surface area (Å²) >= 11 is 0. The molecule has 90 valence electrons. The van der Waals surface area contributed by atoms with Crippen LogP contribution < -0.4 is 5.01 Å². The van der Waals surface area contributed by atoms with E-state index in [1.165, 1.54) is 12.7 Å². The van der Waals surface area contributed by atoms with Crippen molar-refractivity contribution >= 4 is 34.6 Å². The molecule has 0 saturated heterocycles. The monoisotopic (exact) mass is 246 g/mol. The fourth-order valence-electron chi connectivity index (χ4n) is 1.63. The largest absolute Gasteiger partial charge is 0.477 e. The van der Waals surface area contributed by atoms with E-state index in [1.807, 2.05) is 0 Å². The van der Waals surface area contributed by atoms with E-state index in [2.05, 4.69) is 25.0 Å². The summed E-state index contributed by atoms with van der Waals surface area (Å²) in [5, 5.41) is 13.5. The van der Waals surface area contributed by atoms with Crippen LogP contribution >= 0.6 is 0 Å². The number of anilines is 1. The molecule has 3 heterocycles. The lowest BCUT2D eigenvalue weighted by molar-refractivity contribution is -0.129. The number of carbonyl (C=O) groups excluding carboxylic acids is 1. The SMILES string of the molecule is O=C(O)C1=NN(c2ncnc3nc[nH]c23)C(=O)C1. The minimum absolute atomic E-state index is 0.193. The number of nitrogens with zero attached hydrogens (tertiary/aromatic N) is 5. The van der Waals surface area contributed by atoms with Crippen LogP contribution in [0.1, 0.15) is 6.42 Å². The van der Waals surface area contributed by atoms with Gasteiger partial charge in [0.15, 0.2) is 17.2 Å². The number of aromatic amines is 1. The van der Waals surface area contributed by atoms with Crippen molar-refractivity contribution in [3.05, 3.63) is 12.7 Å². The summed E-state index contributed by atoms with van der Waals surface area (Å²) in [6.45, 7) is 0. The molecule has 0 atom stereocenters. The van der Waals surface area contributed by atoms with Crippen molar-refractivity contribution in [1.29, 1.82) is 0 Å². The van der Waals surface area contributed by atoms with Gasteiger partial charge in [0, 0.05) is 0 Å². The molecule has 1 aliphatic rings. The normalized spacial score (nSPS) is 15.2. The predicted molar refractivity (Wildman–Crippen MR) is 58.9 cm³/mol. The second kappa shape index (κ2) is 3.58. The van der Waals surface area contributed by atoms with Crippen molar-refractivity contribution in [3.8, 4) is 0 Å². The van der Waals surface area contributed by atoms with Crippen LogP contribution in [0.5, 0.6) is 0 Å². The smallest absolute Gasteiger partial charge is 0.352 e. The molecule has 18 heavy (non-hydrogen) atoms. The fourth-order valence-corrected chi connectivity index (χ4v) is 1.63. The van der Waals surface area contributed by atoms with E-state index in [4.69, 9.17) is 5.11 Å². The van der Waals surface area contributed by atoms with Gasteiger partial charge in [0.1, 0.15) is 11.8 Å². The topological polar surface area (TPSA) is 124 Å². The van der Waals surface area contributed by atoms with Crippen LogP contribution in [0, 0.1) is 0 Å². The third-order valence-corrected chi connectivity index (χ3v) is 2.43.